The maximum atomic E-state index is 11.1. The van der Waals surface area contributed by atoms with Crippen molar-refractivity contribution in [2.45, 2.75) is 58.4 Å². The summed E-state index contributed by atoms with van der Waals surface area (Å²) >= 11 is 0. The average molecular weight is 293 g/mol. The van der Waals surface area contributed by atoms with Crippen LogP contribution in [0.5, 0.6) is 5.75 Å². The highest BCUT2D eigenvalue weighted by atomic mass is 16.5. The van der Waals surface area contributed by atoms with Gasteiger partial charge in [0.15, 0.2) is 0 Å². The molecule has 0 aliphatic heterocycles. The first-order valence-electron chi connectivity index (χ1n) is 7.55. The van der Waals surface area contributed by atoms with E-state index < -0.39 is 11.5 Å². The quantitative estimate of drug-likeness (QED) is 0.720. The van der Waals surface area contributed by atoms with Crippen molar-refractivity contribution in [3.63, 3.8) is 0 Å². The summed E-state index contributed by atoms with van der Waals surface area (Å²) in [6, 6.07) is 6.20. The van der Waals surface area contributed by atoms with Crippen LogP contribution < -0.4 is 10.5 Å². The number of carboxylic acid groups (broad SMARTS) is 1. The molecule has 4 heteroatoms. The van der Waals surface area contributed by atoms with Crippen molar-refractivity contribution in [1.29, 1.82) is 0 Å². The van der Waals surface area contributed by atoms with Gasteiger partial charge in [-0.1, -0.05) is 32.9 Å². The smallest absolute Gasteiger partial charge is 0.323 e. The first-order valence-corrected chi connectivity index (χ1v) is 7.55. The van der Waals surface area contributed by atoms with E-state index in [-0.39, 0.29) is 0 Å². The van der Waals surface area contributed by atoms with Crippen LogP contribution in [0.2, 0.25) is 0 Å². The molecule has 0 aliphatic rings. The van der Waals surface area contributed by atoms with Crippen molar-refractivity contribution in [2.75, 3.05) is 6.61 Å². The molecular weight excluding hydrogens is 266 g/mol. The van der Waals surface area contributed by atoms with E-state index in [0.717, 1.165) is 11.3 Å². The second kappa shape index (κ2) is 7.46. The number of aliphatic carboxylic acids is 1. The number of benzene rings is 1. The van der Waals surface area contributed by atoms with Crippen LogP contribution in [0, 0.1) is 6.92 Å². The Morgan fingerprint density at radius 3 is 2.62 bits per heavy atom. The van der Waals surface area contributed by atoms with Crippen molar-refractivity contribution in [1.82, 2.24) is 0 Å². The summed E-state index contributed by atoms with van der Waals surface area (Å²) < 4.78 is 5.85. The molecule has 0 heterocycles. The first-order chi connectivity index (χ1) is 9.80. The van der Waals surface area contributed by atoms with Crippen molar-refractivity contribution in [2.24, 2.45) is 5.73 Å². The molecule has 1 aromatic carbocycles. The summed E-state index contributed by atoms with van der Waals surface area (Å²) in [7, 11) is 0. The number of carboxylic acids is 1. The van der Waals surface area contributed by atoms with E-state index in [0.29, 0.717) is 31.8 Å². The predicted molar refractivity (Wildman–Crippen MR) is 84.8 cm³/mol. The number of hydrogen-bond donors (Lipinski definition) is 2. The molecule has 4 nitrogen and oxygen atoms in total. The lowest BCUT2D eigenvalue weighted by atomic mass is 9.92. The molecule has 21 heavy (non-hydrogen) atoms. The summed E-state index contributed by atoms with van der Waals surface area (Å²) in [5, 5.41) is 9.14. The molecule has 1 unspecified atom stereocenters. The zero-order chi connectivity index (χ0) is 16.0. The number of carbonyl (C=O) groups is 1. The minimum absolute atomic E-state index is 0.392. The monoisotopic (exact) mass is 293 g/mol. The van der Waals surface area contributed by atoms with E-state index in [2.05, 4.69) is 26.0 Å². The second-order valence-electron chi connectivity index (χ2n) is 5.96. The van der Waals surface area contributed by atoms with Gasteiger partial charge in [0.05, 0.1) is 6.61 Å². The van der Waals surface area contributed by atoms with Crippen molar-refractivity contribution in [3.05, 3.63) is 29.3 Å². The minimum Gasteiger partial charge on any atom is -0.493 e. The third-order valence-electron chi connectivity index (χ3n) is 3.87. The highest BCUT2D eigenvalue weighted by molar-refractivity contribution is 5.78. The number of aryl methyl sites for hydroxylation is 1. The van der Waals surface area contributed by atoms with Gasteiger partial charge in [0.25, 0.3) is 0 Å². The number of nitrogens with two attached hydrogens (primary N) is 1. The summed E-state index contributed by atoms with van der Waals surface area (Å²) in [6.07, 6.45) is 1.47. The van der Waals surface area contributed by atoms with Gasteiger partial charge in [-0.05, 0) is 49.3 Å². The van der Waals surface area contributed by atoms with Gasteiger partial charge in [0.2, 0.25) is 0 Å². The van der Waals surface area contributed by atoms with Gasteiger partial charge in [0, 0.05) is 0 Å². The maximum absolute atomic E-state index is 11.1. The SMILES string of the molecule is CCC(N)(CCCOc1cc(C)ccc1C(C)C)C(=O)O. The Morgan fingerprint density at radius 2 is 2.10 bits per heavy atom. The molecule has 0 fully saturated rings. The number of hydrogen-bond acceptors (Lipinski definition) is 3. The van der Waals surface area contributed by atoms with Crippen LogP contribution >= 0.6 is 0 Å². The van der Waals surface area contributed by atoms with Crippen molar-refractivity contribution >= 4 is 5.97 Å². The van der Waals surface area contributed by atoms with Crippen LogP contribution in [0.25, 0.3) is 0 Å². The van der Waals surface area contributed by atoms with Crippen LogP contribution in [0.1, 0.15) is 57.1 Å². The van der Waals surface area contributed by atoms with E-state index in [1.165, 1.54) is 5.56 Å². The highest BCUT2D eigenvalue weighted by Crippen LogP contribution is 2.27. The molecule has 0 radical (unpaired) electrons. The first kappa shape index (κ1) is 17.5. The van der Waals surface area contributed by atoms with E-state index in [4.69, 9.17) is 15.6 Å². The Hall–Kier alpha value is -1.55. The standard InChI is InChI=1S/C17H27NO3/c1-5-17(18,16(19)20)9-6-10-21-15-11-13(4)7-8-14(15)12(2)3/h7-8,11-12H,5-6,9-10,18H2,1-4H3,(H,19,20). The molecule has 0 spiro atoms. The molecule has 0 amide bonds. The van der Waals surface area contributed by atoms with E-state index >= 15 is 0 Å². The lowest BCUT2D eigenvalue weighted by Crippen LogP contribution is -2.47. The van der Waals surface area contributed by atoms with Gasteiger partial charge in [-0.2, -0.15) is 0 Å². The van der Waals surface area contributed by atoms with Gasteiger partial charge in [-0.15, -0.1) is 0 Å². The predicted octanol–water partition coefficient (Wildman–Crippen LogP) is 3.47. The normalized spacial score (nSPS) is 14.0. The second-order valence-corrected chi connectivity index (χ2v) is 5.96. The van der Waals surface area contributed by atoms with Crippen LogP contribution in [0.15, 0.2) is 18.2 Å². The number of ether oxygens (including phenoxy) is 1. The lowest BCUT2D eigenvalue weighted by Gasteiger charge is -2.23. The van der Waals surface area contributed by atoms with Gasteiger partial charge in [-0.25, -0.2) is 0 Å². The Labute approximate surface area is 127 Å². The molecule has 3 N–H and O–H groups in total. The van der Waals surface area contributed by atoms with Crippen molar-refractivity contribution in [3.8, 4) is 5.75 Å². The zero-order valence-corrected chi connectivity index (χ0v) is 13.5. The van der Waals surface area contributed by atoms with Gasteiger partial charge in [-0.3, -0.25) is 4.79 Å². The molecule has 0 bridgehead atoms. The summed E-state index contributed by atoms with van der Waals surface area (Å²) in [5.74, 6) is 0.340. The fourth-order valence-electron chi connectivity index (χ4n) is 2.25. The Morgan fingerprint density at radius 1 is 1.43 bits per heavy atom. The van der Waals surface area contributed by atoms with E-state index in [1.807, 2.05) is 13.0 Å². The average Bonchev–Trinajstić information content (AvgIpc) is 2.42. The maximum Gasteiger partial charge on any atom is 0.323 e. The van der Waals surface area contributed by atoms with Crippen molar-refractivity contribution < 1.29 is 14.6 Å². The van der Waals surface area contributed by atoms with Crippen LogP contribution in [0.4, 0.5) is 0 Å². The van der Waals surface area contributed by atoms with Gasteiger partial charge in [0.1, 0.15) is 11.3 Å². The molecule has 1 rings (SSSR count). The van der Waals surface area contributed by atoms with E-state index in [9.17, 15) is 4.79 Å². The van der Waals surface area contributed by atoms with Gasteiger partial charge < -0.3 is 15.6 Å². The Kier molecular flexibility index (Phi) is 6.21. The summed E-state index contributed by atoms with van der Waals surface area (Å²) in [6.45, 7) is 8.57. The van der Waals surface area contributed by atoms with E-state index in [1.54, 1.807) is 6.92 Å². The Balaban J connectivity index is 2.61. The molecule has 1 atom stereocenters. The van der Waals surface area contributed by atoms with Crippen LogP contribution in [-0.4, -0.2) is 23.2 Å². The molecule has 0 aliphatic carbocycles. The fourth-order valence-corrected chi connectivity index (χ4v) is 2.25. The lowest BCUT2D eigenvalue weighted by molar-refractivity contribution is -0.143. The third kappa shape index (κ3) is 4.74. The Bertz CT molecular complexity index is 485. The number of rotatable bonds is 8. The highest BCUT2D eigenvalue weighted by Gasteiger charge is 2.31. The molecule has 0 saturated heterocycles. The molecule has 118 valence electrons. The van der Waals surface area contributed by atoms with Crippen LogP contribution in [0.3, 0.4) is 0 Å². The molecular formula is C17H27NO3. The largest absolute Gasteiger partial charge is 0.493 e. The summed E-state index contributed by atoms with van der Waals surface area (Å²) in [4.78, 5) is 11.1. The minimum atomic E-state index is -1.14. The topological polar surface area (TPSA) is 72.5 Å². The summed E-state index contributed by atoms with van der Waals surface area (Å²) in [5.41, 5.74) is 7.05. The fraction of sp³-hybridized carbons (Fsp3) is 0.588. The molecule has 1 aromatic rings. The molecule has 0 saturated carbocycles. The molecule has 0 aromatic heterocycles. The third-order valence-corrected chi connectivity index (χ3v) is 3.87. The zero-order valence-electron chi connectivity index (χ0n) is 13.5. The van der Waals surface area contributed by atoms with Gasteiger partial charge >= 0.3 is 5.97 Å². The van der Waals surface area contributed by atoms with Crippen LogP contribution in [-0.2, 0) is 4.79 Å².